The fraction of sp³-hybridized carbons (Fsp3) is 0.167. The average molecular weight is 283 g/mol. The lowest BCUT2D eigenvalue weighted by Crippen LogP contribution is -2.03. The van der Waals surface area contributed by atoms with Gasteiger partial charge < -0.3 is 11.1 Å². The molecule has 0 atom stereocenters. The first-order valence-corrected chi connectivity index (χ1v) is 6.18. The van der Waals surface area contributed by atoms with Crippen molar-refractivity contribution in [3.05, 3.63) is 34.6 Å². The summed E-state index contributed by atoms with van der Waals surface area (Å²) in [5, 5.41) is 4.17. The third kappa shape index (κ3) is 2.66. The molecule has 0 amide bonds. The highest BCUT2D eigenvalue weighted by atomic mass is 35.5. The minimum Gasteiger partial charge on any atom is -0.397 e. The Hall–Kier alpha value is -1.52. The summed E-state index contributed by atoms with van der Waals surface area (Å²) in [7, 11) is 0. The molecule has 4 nitrogen and oxygen atoms in total. The average Bonchev–Trinajstić information content (AvgIpc) is 2.32. The van der Waals surface area contributed by atoms with Gasteiger partial charge in [0.05, 0.1) is 21.4 Å². The molecule has 2 aromatic heterocycles. The standard InChI is InChI=1S/C12H12Cl2N4/c1-2-16-12-9(3-7(13)6-18-12)11-10(15)4-8(14)5-17-11/h3-6H,2,15H2,1H3,(H,16,18). The topological polar surface area (TPSA) is 63.8 Å². The first kappa shape index (κ1) is 12.9. The number of nitrogens with two attached hydrogens (primary N) is 1. The van der Waals surface area contributed by atoms with Crippen LogP contribution in [-0.4, -0.2) is 16.5 Å². The van der Waals surface area contributed by atoms with E-state index >= 15 is 0 Å². The van der Waals surface area contributed by atoms with Crippen LogP contribution in [0, 0.1) is 0 Å². The summed E-state index contributed by atoms with van der Waals surface area (Å²) in [6.07, 6.45) is 3.12. The van der Waals surface area contributed by atoms with E-state index in [-0.39, 0.29) is 0 Å². The lowest BCUT2D eigenvalue weighted by atomic mass is 10.1. The molecular weight excluding hydrogens is 271 g/mol. The van der Waals surface area contributed by atoms with Gasteiger partial charge >= 0.3 is 0 Å². The second-order valence-electron chi connectivity index (χ2n) is 3.67. The third-order valence-electron chi connectivity index (χ3n) is 2.34. The van der Waals surface area contributed by atoms with Crippen molar-refractivity contribution in [1.82, 2.24) is 9.97 Å². The smallest absolute Gasteiger partial charge is 0.135 e. The zero-order chi connectivity index (χ0) is 13.1. The van der Waals surface area contributed by atoms with E-state index in [0.717, 1.165) is 12.1 Å². The molecule has 2 rings (SSSR count). The van der Waals surface area contributed by atoms with Crippen molar-refractivity contribution in [2.24, 2.45) is 0 Å². The lowest BCUT2D eigenvalue weighted by molar-refractivity contribution is 1.15. The highest BCUT2D eigenvalue weighted by molar-refractivity contribution is 6.31. The summed E-state index contributed by atoms with van der Waals surface area (Å²) in [5.74, 6) is 0.698. The number of nitrogens with zero attached hydrogens (tertiary/aromatic N) is 2. The van der Waals surface area contributed by atoms with Gasteiger partial charge in [-0.1, -0.05) is 23.2 Å². The van der Waals surface area contributed by atoms with Crippen LogP contribution in [0.25, 0.3) is 11.3 Å². The molecule has 0 fully saturated rings. The Balaban J connectivity index is 2.57. The van der Waals surface area contributed by atoms with Crippen molar-refractivity contribution in [3.8, 4) is 11.3 Å². The molecule has 2 aromatic rings. The molecule has 3 N–H and O–H groups in total. The number of pyridine rings is 2. The first-order valence-electron chi connectivity index (χ1n) is 5.42. The zero-order valence-corrected chi connectivity index (χ0v) is 11.3. The Morgan fingerprint density at radius 2 is 1.83 bits per heavy atom. The molecule has 18 heavy (non-hydrogen) atoms. The predicted octanol–water partition coefficient (Wildman–Crippen LogP) is 3.46. The van der Waals surface area contributed by atoms with Crippen molar-refractivity contribution in [2.45, 2.75) is 6.92 Å². The van der Waals surface area contributed by atoms with Crippen molar-refractivity contribution in [1.29, 1.82) is 0 Å². The second-order valence-corrected chi connectivity index (χ2v) is 4.54. The van der Waals surface area contributed by atoms with Crippen molar-refractivity contribution in [2.75, 3.05) is 17.6 Å². The first-order chi connectivity index (χ1) is 8.61. The Bertz CT molecular complexity index is 572. The van der Waals surface area contributed by atoms with Gasteiger partial charge in [0.25, 0.3) is 0 Å². The van der Waals surface area contributed by atoms with Gasteiger partial charge in [-0.25, -0.2) is 4.98 Å². The predicted molar refractivity (Wildman–Crippen MR) is 76.1 cm³/mol. The highest BCUT2D eigenvalue weighted by Crippen LogP contribution is 2.32. The number of nitrogens with one attached hydrogen (secondary N) is 1. The summed E-state index contributed by atoms with van der Waals surface area (Å²) in [5.41, 5.74) is 7.79. The van der Waals surface area contributed by atoms with Gasteiger partial charge in [-0.05, 0) is 19.1 Å². The van der Waals surface area contributed by atoms with Gasteiger partial charge in [0.1, 0.15) is 5.82 Å². The molecule has 94 valence electrons. The summed E-state index contributed by atoms with van der Waals surface area (Å²) >= 11 is 11.8. The number of nitrogen functional groups attached to an aromatic ring is 1. The van der Waals surface area contributed by atoms with E-state index in [1.54, 1.807) is 24.5 Å². The fourth-order valence-electron chi connectivity index (χ4n) is 1.61. The number of anilines is 2. The summed E-state index contributed by atoms with van der Waals surface area (Å²) in [4.78, 5) is 8.47. The van der Waals surface area contributed by atoms with Crippen LogP contribution in [-0.2, 0) is 0 Å². The van der Waals surface area contributed by atoms with Crippen LogP contribution < -0.4 is 11.1 Å². The Morgan fingerprint density at radius 1 is 1.17 bits per heavy atom. The van der Waals surface area contributed by atoms with Crippen molar-refractivity contribution < 1.29 is 0 Å². The third-order valence-corrected chi connectivity index (χ3v) is 2.75. The van der Waals surface area contributed by atoms with Crippen LogP contribution in [0.5, 0.6) is 0 Å². The van der Waals surface area contributed by atoms with E-state index in [1.165, 1.54) is 0 Å². The van der Waals surface area contributed by atoms with E-state index in [4.69, 9.17) is 28.9 Å². The quantitative estimate of drug-likeness (QED) is 0.905. The van der Waals surface area contributed by atoms with Crippen LogP contribution >= 0.6 is 23.2 Å². The normalized spacial score (nSPS) is 10.4. The van der Waals surface area contributed by atoms with Crippen LogP contribution in [0.4, 0.5) is 11.5 Å². The molecule has 0 aliphatic carbocycles. The van der Waals surface area contributed by atoms with E-state index < -0.39 is 0 Å². The summed E-state index contributed by atoms with van der Waals surface area (Å²) in [6.45, 7) is 2.73. The minimum absolute atomic E-state index is 0.491. The molecule has 0 saturated carbocycles. The van der Waals surface area contributed by atoms with Gasteiger partial charge in [0.2, 0.25) is 0 Å². The number of hydrogen-bond donors (Lipinski definition) is 2. The molecule has 0 spiro atoms. The van der Waals surface area contributed by atoms with Crippen LogP contribution in [0.3, 0.4) is 0 Å². The second kappa shape index (κ2) is 5.42. The van der Waals surface area contributed by atoms with Crippen molar-refractivity contribution >= 4 is 34.7 Å². The van der Waals surface area contributed by atoms with Gasteiger partial charge in [-0.2, -0.15) is 0 Å². The minimum atomic E-state index is 0.491. The number of hydrogen-bond acceptors (Lipinski definition) is 4. The lowest BCUT2D eigenvalue weighted by Gasteiger charge is -2.11. The van der Waals surface area contributed by atoms with E-state index in [2.05, 4.69) is 15.3 Å². The molecular formula is C12H12Cl2N4. The SMILES string of the molecule is CCNc1ncc(Cl)cc1-c1ncc(Cl)cc1N. The highest BCUT2D eigenvalue weighted by Gasteiger charge is 2.12. The molecule has 0 aromatic carbocycles. The maximum absolute atomic E-state index is 5.97. The van der Waals surface area contributed by atoms with E-state index in [9.17, 15) is 0 Å². The molecule has 2 heterocycles. The molecule has 0 unspecified atom stereocenters. The Morgan fingerprint density at radius 3 is 2.50 bits per heavy atom. The van der Waals surface area contributed by atoms with E-state index in [1.807, 2.05) is 6.92 Å². The summed E-state index contributed by atoms with van der Waals surface area (Å²) < 4.78 is 0. The molecule has 0 aliphatic heterocycles. The molecule has 0 saturated heterocycles. The van der Waals surface area contributed by atoms with Gasteiger partial charge in [-0.3, -0.25) is 4.98 Å². The zero-order valence-electron chi connectivity index (χ0n) is 9.74. The van der Waals surface area contributed by atoms with Crippen LogP contribution in [0.1, 0.15) is 6.92 Å². The molecule has 0 bridgehead atoms. The Labute approximate surface area is 115 Å². The maximum atomic E-state index is 5.97. The summed E-state index contributed by atoms with van der Waals surface area (Å²) in [6, 6.07) is 3.43. The van der Waals surface area contributed by atoms with Gasteiger partial charge in [-0.15, -0.1) is 0 Å². The van der Waals surface area contributed by atoms with Crippen molar-refractivity contribution in [3.63, 3.8) is 0 Å². The molecule has 0 radical (unpaired) electrons. The van der Waals surface area contributed by atoms with Crippen LogP contribution in [0.2, 0.25) is 10.0 Å². The Kier molecular flexibility index (Phi) is 3.89. The monoisotopic (exact) mass is 282 g/mol. The van der Waals surface area contributed by atoms with Gasteiger partial charge in [0.15, 0.2) is 0 Å². The number of halogens is 2. The van der Waals surface area contributed by atoms with E-state index in [0.29, 0.717) is 27.2 Å². The molecule has 6 heteroatoms. The van der Waals surface area contributed by atoms with Gasteiger partial charge in [0, 0.05) is 24.5 Å². The number of rotatable bonds is 3. The maximum Gasteiger partial charge on any atom is 0.135 e. The fourth-order valence-corrected chi connectivity index (χ4v) is 1.93. The van der Waals surface area contributed by atoms with Crippen LogP contribution in [0.15, 0.2) is 24.5 Å². The molecule has 0 aliphatic rings. The largest absolute Gasteiger partial charge is 0.397 e. The number of aromatic nitrogens is 2.